The number of nitrogens with zero attached hydrogens (tertiary/aromatic N) is 2. The second kappa shape index (κ2) is 8.12. The fourth-order valence-corrected chi connectivity index (χ4v) is 3.73. The molecular weight excluding hydrogens is 454 g/mol. The molecule has 3 rings (SSSR count). The smallest absolute Gasteiger partial charge is 0.329 e. The Morgan fingerprint density at radius 3 is 2.22 bits per heavy atom. The van der Waals surface area contributed by atoms with Gasteiger partial charge in [0.25, 0.3) is 5.91 Å². The lowest BCUT2D eigenvalue weighted by molar-refractivity contribution is -0.131. The number of amidine groups is 1. The number of aliphatic imine (C=N–C) groups is 1. The maximum atomic E-state index is 12.7. The van der Waals surface area contributed by atoms with Crippen LogP contribution in [0.1, 0.15) is 0 Å². The molecule has 0 saturated carbocycles. The molecule has 0 aromatic heterocycles. The van der Waals surface area contributed by atoms with E-state index < -0.39 is 11.9 Å². The summed E-state index contributed by atoms with van der Waals surface area (Å²) in [6.45, 7) is 0. The Morgan fingerprint density at radius 1 is 1.00 bits per heavy atom. The van der Waals surface area contributed by atoms with Crippen LogP contribution in [-0.2, 0) is 9.59 Å². The average Bonchev–Trinajstić information content (AvgIpc) is 2.88. The van der Waals surface area contributed by atoms with Crippen molar-refractivity contribution < 1.29 is 14.7 Å². The van der Waals surface area contributed by atoms with Crippen LogP contribution in [0, 0.1) is 0 Å². The van der Waals surface area contributed by atoms with E-state index in [1.807, 2.05) is 0 Å². The Balaban J connectivity index is 2.11. The van der Waals surface area contributed by atoms with Gasteiger partial charge in [-0.1, -0.05) is 46.4 Å². The minimum absolute atomic E-state index is 0.00684. The maximum absolute atomic E-state index is 12.7. The Kier molecular flexibility index (Phi) is 6.03. The normalized spacial score (nSPS) is 17.2. The number of halogens is 4. The molecule has 1 aliphatic rings. The van der Waals surface area contributed by atoms with Gasteiger partial charge < -0.3 is 5.11 Å². The number of thioether (sulfide) groups is 1. The minimum atomic E-state index is -1.24. The van der Waals surface area contributed by atoms with E-state index in [0.717, 1.165) is 17.8 Å². The minimum Gasteiger partial charge on any atom is -0.478 e. The molecule has 2 aromatic carbocycles. The number of carboxylic acids is 1. The van der Waals surface area contributed by atoms with Crippen LogP contribution in [0.2, 0.25) is 20.1 Å². The second-order valence-electron chi connectivity index (χ2n) is 5.18. The SMILES string of the molecule is O=C(O)/C=C1\S/C(=N/c2ccc(Cl)c(Cl)c2)N(c2ccc(Cl)c(Cl)c2)C1=O. The first-order chi connectivity index (χ1) is 12.8. The zero-order valence-electron chi connectivity index (χ0n) is 13.1. The van der Waals surface area contributed by atoms with E-state index in [9.17, 15) is 9.59 Å². The van der Waals surface area contributed by atoms with E-state index in [1.54, 1.807) is 18.2 Å². The molecule has 2 aromatic rings. The van der Waals surface area contributed by atoms with Crippen LogP contribution in [0.3, 0.4) is 0 Å². The topological polar surface area (TPSA) is 70.0 Å². The predicted molar refractivity (Wildman–Crippen MR) is 111 cm³/mol. The molecular formula is C17H8Cl4N2O3S. The number of carbonyl (C=O) groups is 2. The fraction of sp³-hybridized carbons (Fsp3) is 0. The molecule has 1 fully saturated rings. The van der Waals surface area contributed by atoms with Crippen molar-refractivity contribution in [3.63, 3.8) is 0 Å². The summed E-state index contributed by atoms with van der Waals surface area (Å²) in [4.78, 5) is 29.4. The first-order valence-electron chi connectivity index (χ1n) is 7.22. The van der Waals surface area contributed by atoms with Crippen LogP contribution in [0.25, 0.3) is 0 Å². The van der Waals surface area contributed by atoms with Crippen molar-refractivity contribution in [2.75, 3.05) is 4.90 Å². The molecule has 0 bridgehead atoms. The van der Waals surface area contributed by atoms with Gasteiger partial charge in [-0.15, -0.1) is 0 Å². The summed E-state index contributed by atoms with van der Waals surface area (Å²) < 4.78 is 0. The number of anilines is 1. The summed E-state index contributed by atoms with van der Waals surface area (Å²) in [6.07, 6.45) is 0.828. The molecule has 1 amide bonds. The summed E-state index contributed by atoms with van der Waals surface area (Å²) in [5, 5.41) is 10.5. The summed E-state index contributed by atoms with van der Waals surface area (Å²) in [6, 6.07) is 9.35. The highest BCUT2D eigenvalue weighted by atomic mass is 35.5. The molecule has 0 spiro atoms. The van der Waals surface area contributed by atoms with Crippen LogP contribution >= 0.6 is 58.2 Å². The molecule has 0 aliphatic carbocycles. The molecule has 1 saturated heterocycles. The monoisotopic (exact) mass is 460 g/mol. The molecule has 1 aliphatic heterocycles. The average molecular weight is 462 g/mol. The van der Waals surface area contributed by atoms with E-state index >= 15 is 0 Å². The molecule has 0 atom stereocenters. The van der Waals surface area contributed by atoms with E-state index in [4.69, 9.17) is 51.5 Å². The number of carbonyl (C=O) groups excluding carboxylic acids is 1. The predicted octanol–water partition coefficient (Wildman–Crippen LogP) is 6.04. The third-order valence-electron chi connectivity index (χ3n) is 3.35. The highest BCUT2D eigenvalue weighted by Crippen LogP contribution is 2.38. The van der Waals surface area contributed by atoms with Gasteiger partial charge in [0.05, 0.1) is 36.4 Å². The lowest BCUT2D eigenvalue weighted by atomic mass is 10.3. The van der Waals surface area contributed by atoms with Crippen molar-refractivity contribution in [3.8, 4) is 0 Å². The molecule has 27 heavy (non-hydrogen) atoms. The zero-order valence-corrected chi connectivity index (χ0v) is 17.0. The third kappa shape index (κ3) is 4.42. The molecule has 5 nitrogen and oxygen atoms in total. The number of benzene rings is 2. The number of rotatable bonds is 3. The van der Waals surface area contributed by atoms with Crippen LogP contribution in [0.5, 0.6) is 0 Å². The van der Waals surface area contributed by atoms with Crippen molar-refractivity contribution in [1.29, 1.82) is 0 Å². The van der Waals surface area contributed by atoms with Crippen molar-refractivity contribution in [1.82, 2.24) is 0 Å². The van der Waals surface area contributed by atoms with Gasteiger partial charge in [-0.3, -0.25) is 9.69 Å². The first-order valence-corrected chi connectivity index (χ1v) is 9.55. The van der Waals surface area contributed by atoms with Crippen molar-refractivity contribution in [3.05, 3.63) is 67.5 Å². The Hall–Kier alpha value is -1.70. The van der Waals surface area contributed by atoms with Gasteiger partial charge >= 0.3 is 5.97 Å². The largest absolute Gasteiger partial charge is 0.478 e. The fourth-order valence-electron chi connectivity index (χ4n) is 2.18. The summed E-state index contributed by atoms with van der Waals surface area (Å²) in [7, 11) is 0. The number of hydrogen-bond acceptors (Lipinski definition) is 4. The standard InChI is InChI=1S/C17H8Cl4N2O3S/c18-10-3-1-8(5-12(10)20)22-17-23(9-2-4-11(19)13(21)6-9)16(26)14(27-17)7-15(24)25/h1-7H,(H,24,25)/b14-7-,22-17+. The van der Waals surface area contributed by atoms with Crippen molar-refractivity contribution in [2.24, 2.45) is 4.99 Å². The molecule has 1 N–H and O–H groups in total. The van der Waals surface area contributed by atoms with E-state index in [0.29, 0.717) is 26.4 Å². The zero-order chi connectivity index (χ0) is 19.7. The van der Waals surface area contributed by atoms with Crippen LogP contribution in [0.4, 0.5) is 11.4 Å². The maximum Gasteiger partial charge on any atom is 0.329 e. The third-order valence-corrected chi connectivity index (χ3v) is 5.80. The van der Waals surface area contributed by atoms with Gasteiger partial charge in [0.15, 0.2) is 5.17 Å². The molecule has 0 unspecified atom stereocenters. The van der Waals surface area contributed by atoms with E-state index in [2.05, 4.69) is 4.99 Å². The Labute approximate surface area is 178 Å². The molecule has 10 heteroatoms. The van der Waals surface area contributed by atoms with Gasteiger partial charge in [-0.05, 0) is 48.2 Å². The lowest BCUT2D eigenvalue weighted by Crippen LogP contribution is -2.28. The highest BCUT2D eigenvalue weighted by molar-refractivity contribution is 8.19. The quantitative estimate of drug-likeness (QED) is 0.566. The van der Waals surface area contributed by atoms with Gasteiger partial charge in [-0.25, -0.2) is 9.79 Å². The number of carboxylic acid groups (broad SMARTS) is 1. The van der Waals surface area contributed by atoms with E-state index in [1.165, 1.54) is 23.1 Å². The van der Waals surface area contributed by atoms with Gasteiger partial charge in [0, 0.05) is 6.08 Å². The first kappa shape index (κ1) is 20.0. The van der Waals surface area contributed by atoms with E-state index in [-0.39, 0.29) is 15.1 Å². The van der Waals surface area contributed by atoms with Gasteiger partial charge in [-0.2, -0.15) is 0 Å². The molecule has 138 valence electrons. The molecule has 0 radical (unpaired) electrons. The summed E-state index contributed by atoms with van der Waals surface area (Å²) >= 11 is 24.8. The number of aliphatic carboxylic acids is 1. The van der Waals surface area contributed by atoms with Crippen LogP contribution in [-0.4, -0.2) is 22.2 Å². The van der Waals surface area contributed by atoms with Gasteiger partial charge in [0.1, 0.15) is 0 Å². The summed E-state index contributed by atoms with van der Waals surface area (Å²) in [5.41, 5.74) is 0.843. The van der Waals surface area contributed by atoms with Crippen LogP contribution in [0.15, 0.2) is 52.4 Å². The molecule has 1 heterocycles. The van der Waals surface area contributed by atoms with Crippen molar-refractivity contribution in [2.45, 2.75) is 0 Å². The lowest BCUT2D eigenvalue weighted by Gasteiger charge is -2.16. The summed E-state index contributed by atoms with van der Waals surface area (Å²) in [5.74, 6) is -1.78. The Morgan fingerprint density at radius 2 is 1.63 bits per heavy atom. The van der Waals surface area contributed by atoms with Gasteiger partial charge in [0.2, 0.25) is 0 Å². The Bertz CT molecular complexity index is 1020. The number of amides is 1. The second-order valence-corrected chi connectivity index (χ2v) is 7.82. The van der Waals surface area contributed by atoms with Crippen molar-refractivity contribution >= 4 is 86.6 Å². The number of hydrogen-bond donors (Lipinski definition) is 1. The van der Waals surface area contributed by atoms with Crippen LogP contribution < -0.4 is 4.90 Å². The highest BCUT2D eigenvalue weighted by Gasteiger charge is 2.35.